The van der Waals surface area contributed by atoms with Crippen LogP contribution in [0.5, 0.6) is 0 Å². The summed E-state index contributed by atoms with van der Waals surface area (Å²) in [4.78, 5) is 14.8. The molecule has 0 spiro atoms. The van der Waals surface area contributed by atoms with Gasteiger partial charge in [-0.3, -0.25) is 9.69 Å². The number of carbonyl (C=O) groups is 1. The molecule has 4 rings (SSSR count). The number of hydrogen-bond acceptors (Lipinski definition) is 5. The lowest BCUT2D eigenvalue weighted by Crippen LogP contribution is -2.45. The lowest BCUT2D eigenvalue weighted by atomic mass is 10.1. The van der Waals surface area contributed by atoms with Gasteiger partial charge in [-0.2, -0.15) is 0 Å². The molecule has 3 heterocycles. The zero-order chi connectivity index (χ0) is 15.8. The number of fused-ring (bicyclic) bond motifs is 2. The van der Waals surface area contributed by atoms with Crippen LogP contribution in [0.3, 0.4) is 0 Å². The first-order chi connectivity index (χ1) is 11.2. The van der Waals surface area contributed by atoms with Gasteiger partial charge in [0.2, 0.25) is 5.91 Å². The lowest BCUT2D eigenvalue weighted by molar-refractivity contribution is -0.121. The van der Waals surface area contributed by atoms with Crippen molar-refractivity contribution in [2.45, 2.75) is 38.0 Å². The van der Waals surface area contributed by atoms with Crippen molar-refractivity contribution in [1.29, 1.82) is 0 Å². The fourth-order valence-corrected chi connectivity index (χ4v) is 3.64. The van der Waals surface area contributed by atoms with E-state index in [1.807, 2.05) is 24.3 Å². The Kier molecular flexibility index (Phi) is 3.79. The summed E-state index contributed by atoms with van der Waals surface area (Å²) in [6, 6.07) is 8.25. The van der Waals surface area contributed by atoms with Crippen LogP contribution in [0, 0.1) is 0 Å². The Hall–Kier alpha value is -1.92. The van der Waals surface area contributed by atoms with Crippen LogP contribution in [0.1, 0.15) is 19.0 Å². The first-order valence-electron chi connectivity index (χ1n) is 8.17. The van der Waals surface area contributed by atoms with Crippen molar-refractivity contribution in [3.05, 3.63) is 30.0 Å². The van der Waals surface area contributed by atoms with Gasteiger partial charge in [0.25, 0.3) is 0 Å². The fraction of sp³-hybridized carbons (Fsp3) is 0.529. The maximum absolute atomic E-state index is 12.3. The minimum atomic E-state index is 0.00265. The summed E-state index contributed by atoms with van der Waals surface area (Å²) in [5.41, 5.74) is 1.42. The summed E-state index contributed by atoms with van der Waals surface area (Å²) in [5.74, 6) is 0.00265. The molecule has 1 amide bonds. The smallest absolute Gasteiger partial charge is 0.226 e. The summed E-state index contributed by atoms with van der Waals surface area (Å²) in [6.45, 7) is 4.72. The van der Waals surface area contributed by atoms with Crippen LogP contribution in [0.2, 0.25) is 0 Å². The van der Waals surface area contributed by atoms with Gasteiger partial charge < -0.3 is 14.6 Å². The van der Waals surface area contributed by atoms with E-state index in [4.69, 9.17) is 9.26 Å². The van der Waals surface area contributed by atoms with Gasteiger partial charge in [0, 0.05) is 30.6 Å². The minimum Gasteiger partial charge on any atom is -0.376 e. The van der Waals surface area contributed by atoms with Crippen LogP contribution in [0.4, 0.5) is 0 Å². The molecule has 122 valence electrons. The highest BCUT2D eigenvalue weighted by Gasteiger charge is 2.36. The molecule has 2 aliphatic rings. The SMILES string of the molecule is C[C@@H]1CN2C[C@H](NC(=O)Cc3noc4ccccc34)C[C@H]2CO1. The number of amides is 1. The van der Waals surface area contributed by atoms with Gasteiger partial charge in [0.05, 0.1) is 19.1 Å². The second kappa shape index (κ2) is 5.94. The first-order valence-corrected chi connectivity index (χ1v) is 8.17. The van der Waals surface area contributed by atoms with Crippen LogP contribution in [0.15, 0.2) is 28.8 Å². The number of ether oxygens (including phenoxy) is 1. The van der Waals surface area contributed by atoms with Gasteiger partial charge in [0.1, 0.15) is 5.69 Å². The van der Waals surface area contributed by atoms with Crippen molar-refractivity contribution in [3.8, 4) is 0 Å². The van der Waals surface area contributed by atoms with Gasteiger partial charge in [-0.25, -0.2) is 0 Å². The molecule has 0 bridgehead atoms. The molecule has 0 radical (unpaired) electrons. The highest BCUT2D eigenvalue weighted by molar-refractivity contribution is 5.86. The molecule has 1 aromatic heterocycles. The maximum atomic E-state index is 12.3. The van der Waals surface area contributed by atoms with E-state index in [2.05, 4.69) is 22.3 Å². The van der Waals surface area contributed by atoms with Gasteiger partial charge in [-0.1, -0.05) is 17.3 Å². The summed E-state index contributed by atoms with van der Waals surface area (Å²) in [5, 5.41) is 8.07. The number of morpholine rings is 1. The largest absolute Gasteiger partial charge is 0.376 e. The van der Waals surface area contributed by atoms with Gasteiger partial charge in [0.15, 0.2) is 5.58 Å². The first kappa shape index (κ1) is 14.7. The van der Waals surface area contributed by atoms with Gasteiger partial charge in [-0.05, 0) is 25.5 Å². The summed E-state index contributed by atoms with van der Waals surface area (Å²) in [7, 11) is 0. The Morgan fingerprint density at radius 3 is 3.17 bits per heavy atom. The molecule has 2 saturated heterocycles. The summed E-state index contributed by atoms with van der Waals surface area (Å²) < 4.78 is 11.0. The van der Waals surface area contributed by atoms with Gasteiger partial charge >= 0.3 is 0 Å². The fourth-order valence-electron chi connectivity index (χ4n) is 3.64. The average Bonchev–Trinajstić information content (AvgIpc) is 3.11. The van der Waals surface area contributed by atoms with E-state index in [9.17, 15) is 4.79 Å². The number of hydrogen-bond donors (Lipinski definition) is 1. The normalized spacial score (nSPS) is 28.0. The van der Waals surface area contributed by atoms with Crippen molar-refractivity contribution >= 4 is 16.9 Å². The molecule has 23 heavy (non-hydrogen) atoms. The highest BCUT2D eigenvalue weighted by atomic mass is 16.5. The number of para-hydroxylation sites is 1. The second-order valence-corrected chi connectivity index (χ2v) is 6.55. The Labute approximate surface area is 134 Å². The standard InChI is InChI=1S/C17H21N3O3/c1-11-8-20-9-12(6-13(20)10-22-11)18-17(21)7-15-14-4-2-3-5-16(14)23-19-15/h2-5,11-13H,6-10H2,1H3,(H,18,21)/t11-,12-,13+/m1/s1. The second-order valence-electron chi connectivity index (χ2n) is 6.55. The molecule has 0 aliphatic carbocycles. The zero-order valence-corrected chi connectivity index (χ0v) is 13.2. The van der Waals surface area contributed by atoms with Crippen LogP contribution in [-0.4, -0.2) is 53.8 Å². The van der Waals surface area contributed by atoms with Crippen LogP contribution >= 0.6 is 0 Å². The molecule has 2 fully saturated rings. The Balaban J connectivity index is 1.37. The van der Waals surface area contributed by atoms with Crippen molar-refractivity contribution in [1.82, 2.24) is 15.4 Å². The predicted molar refractivity (Wildman–Crippen MR) is 85.0 cm³/mol. The van der Waals surface area contributed by atoms with E-state index in [0.29, 0.717) is 11.7 Å². The van der Waals surface area contributed by atoms with E-state index in [0.717, 1.165) is 37.1 Å². The molecule has 6 heteroatoms. The van der Waals surface area contributed by atoms with Gasteiger partial charge in [-0.15, -0.1) is 0 Å². The summed E-state index contributed by atoms with van der Waals surface area (Å²) in [6.07, 6.45) is 1.49. The third kappa shape index (κ3) is 2.96. The molecule has 3 atom stereocenters. The monoisotopic (exact) mass is 315 g/mol. The van der Waals surface area contributed by atoms with E-state index in [1.54, 1.807) is 0 Å². The summed E-state index contributed by atoms with van der Waals surface area (Å²) >= 11 is 0. The molecule has 1 N–H and O–H groups in total. The van der Waals surface area contributed by atoms with E-state index in [1.165, 1.54) is 0 Å². The van der Waals surface area contributed by atoms with Crippen molar-refractivity contribution in [3.63, 3.8) is 0 Å². The predicted octanol–water partition coefficient (Wildman–Crippen LogP) is 1.35. The van der Waals surface area contributed by atoms with Crippen LogP contribution in [-0.2, 0) is 16.0 Å². The number of nitrogens with one attached hydrogen (secondary N) is 1. The molecule has 2 aliphatic heterocycles. The highest BCUT2D eigenvalue weighted by Crippen LogP contribution is 2.23. The molecule has 2 aromatic rings. The third-order valence-corrected chi connectivity index (χ3v) is 4.74. The number of carbonyl (C=O) groups excluding carboxylic acids is 1. The van der Waals surface area contributed by atoms with Crippen molar-refractivity contribution in [2.75, 3.05) is 19.7 Å². The third-order valence-electron chi connectivity index (χ3n) is 4.74. The maximum Gasteiger partial charge on any atom is 0.226 e. The minimum absolute atomic E-state index is 0.00265. The molecular weight excluding hydrogens is 294 g/mol. The molecule has 1 aromatic carbocycles. The number of benzene rings is 1. The zero-order valence-electron chi connectivity index (χ0n) is 13.2. The quantitative estimate of drug-likeness (QED) is 0.926. The van der Waals surface area contributed by atoms with Crippen molar-refractivity contribution in [2.24, 2.45) is 0 Å². The molecule has 0 unspecified atom stereocenters. The van der Waals surface area contributed by atoms with Crippen LogP contribution in [0.25, 0.3) is 11.0 Å². The topological polar surface area (TPSA) is 67.6 Å². The van der Waals surface area contributed by atoms with E-state index in [-0.39, 0.29) is 24.5 Å². The average molecular weight is 315 g/mol. The number of nitrogens with zero attached hydrogens (tertiary/aromatic N) is 2. The Bertz CT molecular complexity index is 714. The molecule has 0 saturated carbocycles. The Morgan fingerprint density at radius 1 is 1.39 bits per heavy atom. The van der Waals surface area contributed by atoms with E-state index >= 15 is 0 Å². The van der Waals surface area contributed by atoms with Crippen LogP contribution < -0.4 is 5.32 Å². The van der Waals surface area contributed by atoms with E-state index < -0.39 is 0 Å². The molecule has 6 nitrogen and oxygen atoms in total. The number of aromatic nitrogens is 1. The van der Waals surface area contributed by atoms with Crippen molar-refractivity contribution < 1.29 is 14.1 Å². The Morgan fingerprint density at radius 2 is 2.26 bits per heavy atom. The number of rotatable bonds is 3. The molecular formula is C17H21N3O3. The lowest BCUT2D eigenvalue weighted by Gasteiger charge is -2.33.